The molecule has 0 radical (unpaired) electrons. The molecule has 0 fully saturated rings. The monoisotopic (exact) mass is 222 g/mol. The van der Waals surface area contributed by atoms with Crippen molar-refractivity contribution in [3.63, 3.8) is 0 Å². The van der Waals surface area contributed by atoms with Gasteiger partial charge in [0.25, 0.3) is 0 Å². The lowest BCUT2D eigenvalue weighted by Crippen LogP contribution is -2.11. The maximum Gasteiger partial charge on any atom is 0.322 e. The van der Waals surface area contributed by atoms with Gasteiger partial charge >= 0.3 is 5.97 Å². The Hall–Kier alpha value is -1.62. The molecule has 0 spiro atoms. The number of anilines is 1. The topological polar surface area (TPSA) is 62.2 Å². The zero-order valence-corrected chi connectivity index (χ0v) is 8.97. The van der Waals surface area contributed by atoms with Gasteiger partial charge in [-0.25, -0.2) is 4.98 Å². The highest BCUT2D eigenvalue weighted by molar-refractivity contribution is 7.18. The third-order valence-electron chi connectivity index (χ3n) is 1.94. The first-order valence-electron chi connectivity index (χ1n) is 4.48. The number of nitrogens with zero attached hydrogens (tertiary/aromatic N) is 1. The number of aromatic nitrogens is 1. The molecule has 0 atom stereocenters. The van der Waals surface area contributed by atoms with E-state index in [1.165, 1.54) is 0 Å². The second kappa shape index (κ2) is 3.86. The van der Waals surface area contributed by atoms with E-state index in [2.05, 4.69) is 10.3 Å². The lowest BCUT2D eigenvalue weighted by atomic mass is 10.3. The molecule has 1 aromatic carbocycles. The van der Waals surface area contributed by atoms with Crippen molar-refractivity contribution in [2.24, 2.45) is 0 Å². The highest BCUT2D eigenvalue weighted by Gasteiger charge is 2.02. The van der Waals surface area contributed by atoms with Gasteiger partial charge in [-0.1, -0.05) is 0 Å². The van der Waals surface area contributed by atoms with Crippen LogP contribution < -0.4 is 5.32 Å². The Morgan fingerprint density at radius 1 is 1.60 bits per heavy atom. The first-order valence-corrected chi connectivity index (χ1v) is 5.29. The lowest BCUT2D eigenvalue weighted by molar-refractivity contribution is -0.134. The van der Waals surface area contributed by atoms with Gasteiger partial charge in [0, 0.05) is 5.69 Å². The van der Waals surface area contributed by atoms with Gasteiger partial charge in [-0.3, -0.25) is 4.79 Å². The molecule has 0 amide bonds. The van der Waals surface area contributed by atoms with Crippen LogP contribution in [0.3, 0.4) is 0 Å². The first kappa shape index (κ1) is 9.92. The Kier molecular flexibility index (Phi) is 2.55. The zero-order chi connectivity index (χ0) is 10.8. The third kappa shape index (κ3) is 2.24. The molecule has 2 aromatic rings. The Bertz CT molecular complexity index is 507. The predicted molar refractivity (Wildman–Crippen MR) is 60.5 cm³/mol. The number of nitrogens with one attached hydrogen (secondary N) is 1. The van der Waals surface area contributed by atoms with Crippen molar-refractivity contribution in [2.45, 2.75) is 6.92 Å². The summed E-state index contributed by atoms with van der Waals surface area (Å²) in [6, 6.07) is 5.65. The van der Waals surface area contributed by atoms with Crippen molar-refractivity contribution in [1.82, 2.24) is 4.98 Å². The quantitative estimate of drug-likeness (QED) is 0.834. The number of aryl methyl sites for hydroxylation is 1. The van der Waals surface area contributed by atoms with Crippen molar-refractivity contribution in [3.8, 4) is 0 Å². The number of thiazole rings is 1. The molecule has 0 bridgehead atoms. The van der Waals surface area contributed by atoms with E-state index in [-0.39, 0.29) is 6.54 Å². The van der Waals surface area contributed by atoms with E-state index in [1.54, 1.807) is 11.3 Å². The summed E-state index contributed by atoms with van der Waals surface area (Å²) in [5, 5.41) is 12.4. The molecule has 15 heavy (non-hydrogen) atoms. The summed E-state index contributed by atoms with van der Waals surface area (Å²) in [5.74, 6) is -0.865. The number of carbonyl (C=O) groups is 1. The average molecular weight is 222 g/mol. The van der Waals surface area contributed by atoms with E-state index in [9.17, 15) is 4.79 Å². The lowest BCUT2D eigenvalue weighted by Gasteiger charge is -2.01. The van der Waals surface area contributed by atoms with Crippen molar-refractivity contribution in [3.05, 3.63) is 23.2 Å². The minimum atomic E-state index is -0.865. The van der Waals surface area contributed by atoms with Crippen LogP contribution >= 0.6 is 11.3 Å². The zero-order valence-electron chi connectivity index (χ0n) is 8.15. The fourth-order valence-electron chi connectivity index (χ4n) is 1.33. The van der Waals surface area contributed by atoms with E-state index >= 15 is 0 Å². The molecule has 5 heteroatoms. The van der Waals surface area contributed by atoms with Crippen LogP contribution in [0, 0.1) is 6.92 Å². The van der Waals surface area contributed by atoms with E-state index in [0.717, 1.165) is 20.9 Å². The van der Waals surface area contributed by atoms with Crippen LogP contribution in [0.25, 0.3) is 10.2 Å². The summed E-state index contributed by atoms with van der Waals surface area (Å²) >= 11 is 1.60. The van der Waals surface area contributed by atoms with Crippen LogP contribution in [-0.4, -0.2) is 22.6 Å². The number of hydrogen-bond acceptors (Lipinski definition) is 4. The molecule has 0 aliphatic rings. The van der Waals surface area contributed by atoms with E-state index in [0.29, 0.717) is 0 Å². The van der Waals surface area contributed by atoms with Crippen molar-refractivity contribution < 1.29 is 9.90 Å². The molecule has 2 N–H and O–H groups in total. The minimum absolute atomic E-state index is 0.0662. The SMILES string of the molecule is Cc1nc2ccc(NCC(=O)O)cc2s1. The maximum atomic E-state index is 10.4. The van der Waals surface area contributed by atoms with Gasteiger partial charge in [-0.05, 0) is 25.1 Å². The van der Waals surface area contributed by atoms with Crippen LogP contribution in [-0.2, 0) is 4.79 Å². The fourth-order valence-corrected chi connectivity index (χ4v) is 2.19. The molecule has 0 aliphatic carbocycles. The van der Waals surface area contributed by atoms with Gasteiger partial charge in [0.15, 0.2) is 0 Å². The molecule has 0 unspecified atom stereocenters. The molecule has 4 nitrogen and oxygen atoms in total. The summed E-state index contributed by atoms with van der Waals surface area (Å²) < 4.78 is 1.07. The smallest absolute Gasteiger partial charge is 0.322 e. The summed E-state index contributed by atoms with van der Waals surface area (Å²) in [7, 11) is 0. The van der Waals surface area contributed by atoms with Crippen molar-refractivity contribution >= 4 is 33.2 Å². The molecule has 1 heterocycles. The third-order valence-corrected chi connectivity index (χ3v) is 2.87. The van der Waals surface area contributed by atoms with Crippen molar-refractivity contribution in [2.75, 3.05) is 11.9 Å². The number of hydrogen-bond donors (Lipinski definition) is 2. The Morgan fingerprint density at radius 3 is 3.13 bits per heavy atom. The number of rotatable bonds is 3. The first-order chi connectivity index (χ1) is 7.15. The standard InChI is InChI=1S/C10H10N2O2S/c1-6-12-8-3-2-7(4-9(8)15-6)11-5-10(13)14/h2-4,11H,5H2,1H3,(H,13,14). The minimum Gasteiger partial charge on any atom is -0.480 e. The second-order valence-electron chi connectivity index (χ2n) is 3.16. The maximum absolute atomic E-state index is 10.4. The molecular weight excluding hydrogens is 212 g/mol. The molecular formula is C10H10N2O2S. The molecule has 1 aromatic heterocycles. The molecule has 78 valence electrons. The summed E-state index contributed by atoms with van der Waals surface area (Å²) in [6.07, 6.45) is 0. The fraction of sp³-hybridized carbons (Fsp3) is 0.200. The van der Waals surface area contributed by atoms with Crippen LogP contribution in [0.1, 0.15) is 5.01 Å². The number of fused-ring (bicyclic) bond motifs is 1. The normalized spacial score (nSPS) is 10.5. The molecule has 0 saturated heterocycles. The van der Waals surface area contributed by atoms with Crippen molar-refractivity contribution in [1.29, 1.82) is 0 Å². The number of benzene rings is 1. The van der Waals surface area contributed by atoms with E-state index in [1.807, 2.05) is 25.1 Å². The van der Waals surface area contributed by atoms with Crippen LogP contribution in [0.15, 0.2) is 18.2 Å². The molecule has 2 rings (SSSR count). The van der Waals surface area contributed by atoms with Gasteiger partial charge in [-0.2, -0.15) is 0 Å². The molecule has 0 saturated carbocycles. The summed E-state index contributed by atoms with van der Waals surface area (Å²) in [6.45, 7) is 1.89. The van der Waals surface area contributed by atoms with Crippen LogP contribution in [0.5, 0.6) is 0 Å². The number of carboxylic acids is 1. The highest BCUT2D eigenvalue weighted by atomic mass is 32.1. The van der Waals surface area contributed by atoms with Crippen LogP contribution in [0.4, 0.5) is 5.69 Å². The summed E-state index contributed by atoms with van der Waals surface area (Å²) in [4.78, 5) is 14.7. The molecule has 0 aliphatic heterocycles. The largest absolute Gasteiger partial charge is 0.480 e. The Labute approximate surface area is 90.6 Å². The second-order valence-corrected chi connectivity index (χ2v) is 4.40. The van der Waals surface area contributed by atoms with E-state index in [4.69, 9.17) is 5.11 Å². The number of carboxylic acid groups (broad SMARTS) is 1. The highest BCUT2D eigenvalue weighted by Crippen LogP contribution is 2.24. The van der Waals surface area contributed by atoms with Gasteiger partial charge < -0.3 is 10.4 Å². The number of aliphatic carboxylic acids is 1. The Morgan fingerprint density at radius 2 is 2.40 bits per heavy atom. The van der Waals surface area contributed by atoms with Gasteiger partial charge in [0.05, 0.1) is 15.2 Å². The Balaban J connectivity index is 2.26. The van der Waals surface area contributed by atoms with Gasteiger partial charge in [0.2, 0.25) is 0 Å². The predicted octanol–water partition coefficient (Wildman–Crippen LogP) is 2.10. The van der Waals surface area contributed by atoms with Gasteiger partial charge in [-0.15, -0.1) is 11.3 Å². The van der Waals surface area contributed by atoms with Crippen LogP contribution in [0.2, 0.25) is 0 Å². The average Bonchev–Trinajstić information content (AvgIpc) is 2.53. The van der Waals surface area contributed by atoms with E-state index < -0.39 is 5.97 Å². The summed E-state index contributed by atoms with van der Waals surface area (Å²) in [5.41, 5.74) is 1.77. The van der Waals surface area contributed by atoms with Gasteiger partial charge in [0.1, 0.15) is 6.54 Å².